The number of nitrogens with zero attached hydrogens (tertiary/aromatic N) is 1. The summed E-state index contributed by atoms with van der Waals surface area (Å²) in [4.78, 5) is 26.4. The predicted molar refractivity (Wildman–Crippen MR) is 85.5 cm³/mol. The molecule has 5 nitrogen and oxygen atoms in total. The van der Waals surface area contributed by atoms with Crippen LogP contribution >= 0.6 is 0 Å². The molecule has 0 aromatic heterocycles. The van der Waals surface area contributed by atoms with Crippen molar-refractivity contribution in [1.29, 1.82) is 0 Å². The maximum absolute atomic E-state index is 12.6. The number of hydrogen-bond acceptors (Lipinski definition) is 3. The minimum Gasteiger partial charge on any atom is -0.444 e. The van der Waals surface area contributed by atoms with Gasteiger partial charge in [-0.15, -0.1) is 0 Å². The van der Waals surface area contributed by atoms with Crippen molar-refractivity contribution in [3.63, 3.8) is 0 Å². The Bertz CT molecular complexity index is 397. The maximum atomic E-state index is 12.6. The number of alkyl carbamates (subject to hydrolysis) is 1. The molecule has 0 radical (unpaired) electrons. The lowest BCUT2D eigenvalue weighted by atomic mass is 9.87. The molecule has 1 atom stereocenters. The number of carbonyl (C=O) groups is 2. The summed E-state index contributed by atoms with van der Waals surface area (Å²) in [5.74, 6) is 0.490. The molecule has 0 aromatic carbocycles. The molecular weight excluding hydrogens is 280 g/mol. The molecule has 2 fully saturated rings. The van der Waals surface area contributed by atoms with Crippen molar-refractivity contribution in [2.75, 3.05) is 13.1 Å². The molecule has 1 N–H and O–H groups in total. The Kier molecular flexibility index (Phi) is 5.70. The molecule has 2 aliphatic rings. The van der Waals surface area contributed by atoms with Gasteiger partial charge in [-0.25, -0.2) is 4.79 Å². The molecule has 2 amide bonds. The lowest BCUT2D eigenvalue weighted by molar-refractivity contribution is -0.138. The Morgan fingerprint density at radius 3 is 2.36 bits per heavy atom. The van der Waals surface area contributed by atoms with Gasteiger partial charge in [-0.2, -0.15) is 0 Å². The summed E-state index contributed by atoms with van der Waals surface area (Å²) >= 11 is 0. The average molecular weight is 310 g/mol. The summed E-state index contributed by atoms with van der Waals surface area (Å²) in [6.45, 7) is 7.00. The molecule has 1 saturated heterocycles. The maximum Gasteiger partial charge on any atom is 0.407 e. The third-order valence-corrected chi connectivity index (χ3v) is 4.41. The Labute approximate surface area is 133 Å². The van der Waals surface area contributed by atoms with E-state index < -0.39 is 5.60 Å². The molecular formula is C17H30N2O3. The second-order valence-corrected chi connectivity index (χ2v) is 7.60. The van der Waals surface area contributed by atoms with Crippen LogP contribution in [0.5, 0.6) is 0 Å². The van der Waals surface area contributed by atoms with Gasteiger partial charge in [-0.05, 0) is 46.5 Å². The summed E-state index contributed by atoms with van der Waals surface area (Å²) in [5, 5.41) is 2.91. The third kappa shape index (κ3) is 5.18. The summed E-state index contributed by atoms with van der Waals surface area (Å²) in [5.41, 5.74) is -0.490. The van der Waals surface area contributed by atoms with E-state index in [0.29, 0.717) is 6.54 Å². The Balaban J connectivity index is 1.83. The van der Waals surface area contributed by atoms with Crippen LogP contribution in [0, 0.1) is 5.92 Å². The van der Waals surface area contributed by atoms with Crippen LogP contribution in [-0.4, -0.2) is 41.6 Å². The fraction of sp³-hybridized carbons (Fsp3) is 0.882. The van der Waals surface area contributed by atoms with Gasteiger partial charge in [0.25, 0.3) is 0 Å². The van der Waals surface area contributed by atoms with E-state index in [1.807, 2.05) is 25.7 Å². The monoisotopic (exact) mass is 310 g/mol. The minimum absolute atomic E-state index is 0.0103. The Hall–Kier alpha value is -1.26. The Morgan fingerprint density at radius 2 is 1.73 bits per heavy atom. The van der Waals surface area contributed by atoms with E-state index in [2.05, 4.69) is 5.32 Å². The lowest BCUT2D eigenvalue weighted by Crippen LogP contribution is -2.51. The smallest absolute Gasteiger partial charge is 0.407 e. The zero-order chi connectivity index (χ0) is 16.2. The summed E-state index contributed by atoms with van der Waals surface area (Å²) < 4.78 is 5.30. The second-order valence-electron chi connectivity index (χ2n) is 7.60. The first-order valence-electron chi connectivity index (χ1n) is 8.63. The molecule has 22 heavy (non-hydrogen) atoms. The van der Waals surface area contributed by atoms with Crippen LogP contribution in [0.3, 0.4) is 0 Å². The van der Waals surface area contributed by atoms with Crippen molar-refractivity contribution in [3.05, 3.63) is 0 Å². The molecule has 5 heteroatoms. The zero-order valence-corrected chi connectivity index (χ0v) is 14.2. The fourth-order valence-electron chi connectivity index (χ4n) is 3.38. The van der Waals surface area contributed by atoms with Crippen molar-refractivity contribution < 1.29 is 14.3 Å². The van der Waals surface area contributed by atoms with Crippen LogP contribution in [0.1, 0.15) is 65.7 Å². The number of piperidine rings is 1. The molecule has 1 saturated carbocycles. The highest BCUT2D eigenvalue weighted by Gasteiger charge is 2.30. The van der Waals surface area contributed by atoms with Gasteiger partial charge >= 0.3 is 6.09 Å². The topological polar surface area (TPSA) is 58.6 Å². The van der Waals surface area contributed by atoms with Crippen LogP contribution in [-0.2, 0) is 9.53 Å². The fourth-order valence-corrected chi connectivity index (χ4v) is 3.38. The summed E-state index contributed by atoms with van der Waals surface area (Å²) in [6.07, 6.45) is 7.12. The van der Waals surface area contributed by atoms with E-state index in [0.717, 1.165) is 32.2 Å². The van der Waals surface area contributed by atoms with Gasteiger partial charge in [0.1, 0.15) is 5.60 Å². The molecule has 2 rings (SSSR count). The molecule has 1 aliphatic heterocycles. The number of hydrogen-bond donors (Lipinski definition) is 1. The highest BCUT2D eigenvalue weighted by molar-refractivity contribution is 5.79. The van der Waals surface area contributed by atoms with Crippen LogP contribution in [0.2, 0.25) is 0 Å². The molecule has 1 aliphatic carbocycles. The average Bonchev–Trinajstić information content (AvgIpc) is 2.45. The number of likely N-dealkylation sites (tertiary alicyclic amines) is 1. The molecule has 126 valence electrons. The van der Waals surface area contributed by atoms with Gasteiger partial charge in [-0.3, -0.25) is 4.79 Å². The van der Waals surface area contributed by atoms with Crippen molar-refractivity contribution >= 4 is 12.0 Å². The third-order valence-electron chi connectivity index (χ3n) is 4.41. The van der Waals surface area contributed by atoms with Gasteiger partial charge in [-0.1, -0.05) is 19.3 Å². The Morgan fingerprint density at radius 1 is 1.05 bits per heavy atom. The highest BCUT2D eigenvalue weighted by Crippen LogP contribution is 2.26. The number of rotatable bonds is 2. The zero-order valence-electron chi connectivity index (χ0n) is 14.2. The van der Waals surface area contributed by atoms with Crippen LogP contribution < -0.4 is 5.32 Å². The van der Waals surface area contributed by atoms with E-state index in [4.69, 9.17) is 4.74 Å². The van der Waals surface area contributed by atoms with Crippen LogP contribution in [0.4, 0.5) is 4.79 Å². The molecule has 0 unspecified atom stereocenters. The van der Waals surface area contributed by atoms with Gasteiger partial charge in [0, 0.05) is 25.0 Å². The predicted octanol–water partition coefficient (Wildman–Crippen LogP) is 3.08. The van der Waals surface area contributed by atoms with E-state index in [9.17, 15) is 9.59 Å². The van der Waals surface area contributed by atoms with Gasteiger partial charge in [0.2, 0.25) is 5.91 Å². The second kappa shape index (κ2) is 7.34. The highest BCUT2D eigenvalue weighted by atomic mass is 16.6. The van der Waals surface area contributed by atoms with Gasteiger partial charge in [0.15, 0.2) is 0 Å². The standard InChI is InChI=1S/C17H30N2O3/c1-17(2,3)22-16(21)18-14-10-7-11-19(12-14)15(20)13-8-5-4-6-9-13/h13-14H,4-12H2,1-3H3,(H,18,21)/t14-/m1/s1. The van der Waals surface area contributed by atoms with E-state index >= 15 is 0 Å². The first-order chi connectivity index (χ1) is 10.3. The molecule has 0 bridgehead atoms. The van der Waals surface area contributed by atoms with Gasteiger partial charge in [0.05, 0.1) is 0 Å². The van der Waals surface area contributed by atoms with E-state index in [1.165, 1.54) is 19.3 Å². The van der Waals surface area contributed by atoms with Crippen LogP contribution in [0.25, 0.3) is 0 Å². The van der Waals surface area contributed by atoms with E-state index in [1.54, 1.807) is 0 Å². The van der Waals surface area contributed by atoms with Crippen molar-refractivity contribution in [3.8, 4) is 0 Å². The number of amides is 2. The van der Waals surface area contributed by atoms with Crippen molar-refractivity contribution in [1.82, 2.24) is 10.2 Å². The largest absolute Gasteiger partial charge is 0.444 e. The normalized spacial score (nSPS) is 24.0. The quantitative estimate of drug-likeness (QED) is 0.852. The lowest BCUT2D eigenvalue weighted by Gasteiger charge is -2.36. The summed E-state index contributed by atoms with van der Waals surface area (Å²) in [7, 11) is 0. The van der Waals surface area contributed by atoms with E-state index in [-0.39, 0.29) is 24.0 Å². The first kappa shape index (κ1) is 17.1. The number of ether oxygens (including phenoxy) is 1. The SMILES string of the molecule is CC(C)(C)OC(=O)N[C@@H]1CCCN(C(=O)C2CCCCC2)C1. The first-order valence-corrected chi connectivity index (χ1v) is 8.63. The van der Waals surface area contributed by atoms with Crippen LogP contribution in [0.15, 0.2) is 0 Å². The van der Waals surface area contributed by atoms with Gasteiger partial charge < -0.3 is 15.0 Å². The number of nitrogens with one attached hydrogen (secondary N) is 1. The minimum atomic E-state index is -0.490. The molecule has 0 aromatic rings. The van der Waals surface area contributed by atoms with Crippen molar-refractivity contribution in [2.45, 2.75) is 77.4 Å². The molecule has 1 heterocycles. The number of carbonyl (C=O) groups excluding carboxylic acids is 2. The summed E-state index contributed by atoms with van der Waals surface area (Å²) in [6, 6.07) is 0.0103. The van der Waals surface area contributed by atoms with Crippen molar-refractivity contribution in [2.24, 2.45) is 5.92 Å². The molecule has 0 spiro atoms.